The van der Waals surface area contributed by atoms with Gasteiger partial charge in [-0.2, -0.15) is 5.26 Å². The molecule has 6 heteroatoms. The smallest absolute Gasteiger partial charge is 0.295 e. The Hall–Kier alpha value is -4.76. The number of aryl methyl sites for hydroxylation is 1. The fourth-order valence-corrected chi connectivity index (χ4v) is 4.71. The summed E-state index contributed by atoms with van der Waals surface area (Å²) >= 11 is 0. The molecule has 0 aliphatic rings. The van der Waals surface area contributed by atoms with Gasteiger partial charge in [0.05, 0.1) is 39.4 Å². The summed E-state index contributed by atoms with van der Waals surface area (Å²) in [5.41, 5.74) is 5.82. The molecule has 0 aliphatic heterocycles. The van der Waals surface area contributed by atoms with Crippen LogP contribution < -0.4 is 5.69 Å². The molecule has 0 radical (unpaired) electrons. The minimum Gasteiger partial charge on any atom is -0.295 e. The number of fused-ring (bicyclic) bond motifs is 4. The molecule has 0 unspecified atom stereocenters. The number of para-hydroxylation sites is 1. The quantitative estimate of drug-likeness (QED) is 0.324. The molecular formula is C30H23N5O. The Labute approximate surface area is 207 Å². The molecule has 0 saturated carbocycles. The third-order valence-electron chi connectivity index (χ3n) is 6.89. The van der Waals surface area contributed by atoms with Gasteiger partial charge in [-0.3, -0.25) is 14.1 Å². The third-order valence-corrected chi connectivity index (χ3v) is 6.89. The van der Waals surface area contributed by atoms with Crippen LogP contribution in [0.2, 0.25) is 0 Å². The van der Waals surface area contributed by atoms with Crippen molar-refractivity contribution in [3.8, 4) is 23.0 Å². The molecule has 6 rings (SSSR count). The Bertz CT molecular complexity index is 1900. The molecule has 6 aromatic rings. The number of hydrogen-bond acceptors (Lipinski definition) is 4. The second-order valence-electron chi connectivity index (χ2n) is 9.58. The molecule has 0 bridgehead atoms. The first-order chi connectivity index (χ1) is 17.4. The molecule has 0 spiro atoms. The van der Waals surface area contributed by atoms with Gasteiger partial charge in [0.25, 0.3) is 0 Å². The Morgan fingerprint density at radius 2 is 1.67 bits per heavy atom. The number of nitrogens with zero attached hydrogens (tertiary/aromatic N) is 5. The van der Waals surface area contributed by atoms with E-state index in [0.29, 0.717) is 0 Å². The Morgan fingerprint density at radius 3 is 2.44 bits per heavy atom. The van der Waals surface area contributed by atoms with Crippen LogP contribution in [0.1, 0.15) is 19.4 Å². The van der Waals surface area contributed by atoms with E-state index < -0.39 is 5.41 Å². The number of pyridine rings is 2. The number of rotatable bonds is 3. The van der Waals surface area contributed by atoms with Gasteiger partial charge in [-0.05, 0) is 55.8 Å². The van der Waals surface area contributed by atoms with Crippen molar-refractivity contribution in [2.24, 2.45) is 7.05 Å². The zero-order valence-corrected chi connectivity index (χ0v) is 20.2. The van der Waals surface area contributed by atoms with Crippen molar-refractivity contribution in [2.75, 3.05) is 0 Å². The number of aromatic nitrogens is 4. The second kappa shape index (κ2) is 7.89. The third kappa shape index (κ3) is 3.29. The van der Waals surface area contributed by atoms with Crippen LogP contribution in [0.25, 0.3) is 49.8 Å². The van der Waals surface area contributed by atoms with Crippen LogP contribution in [0.5, 0.6) is 0 Å². The summed E-state index contributed by atoms with van der Waals surface area (Å²) in [6.07, 6.45) is 1.84. The molecule has 174 valence electrons. The molecule has 6 nitrogen and oxygen atoms in total. The minimum absolute atomic E-state index is 0.149. The Kier molecular flexibility index (Phi) is 4.77. The maximum absolute atomic E-state index is 13.4. The number of hydrogen-bond donors (Lipinski definition) is 0. The minimum atomic E-state index is -0.612. The van der Waals surface area contributed by atoms with Gasteiger partial charge >= 0.3 is 5.69 Å². The van der Waals surface area contributed by atoms with Gasteiger partial charge in [0, 0.05) is 29.6 Å². The first-order valence-electron chi connectivity index (χ1n) is 11.8. The van der Waals surface area contributed by atoms with Gasteiger partial charge in [0.15, 0.2) is 0 Å². The zero-order valence-electron chi connectivity index (χ0n) is 20.2. The predicted octanol–water partition coefficient (Wildman–Crippen LogP) is 5.89. The highest BCUT2D eigenvalue weighted by atomic mass is 16.1. The summed E-state index contributed by atoms with van der Waals surface area (Å²) in [5.74, 6) is 0. The average Bonchev–Trinajstić information content (AvgIpc) is 3.18. The van der Waals surface area contributed by atoms with Gasteiger partial charge < -0.3 is 0 Å². The lowest BCUT2D eigenvalue weighted by molar-refractivity contribution is 0.686. The lowest BCUT2D eigenvalue weighted by Gasteiger charge is -2.16. The topological polar surface area (TPSA) is 76.5 Å². The van der Waals surface area contributed by atoms with Gasteiger partial charge in [-0.25, -0.2) is 9.78 Å². The van der Waals surface area contributed by atoms with Gasteiger partial charge in [-0.15, -0.1) is 0 Å². The maximum Gasteiger partial charge on any atom is 0.333 e. The van der Waals surface area contributed by atoms with Crippen molar-refractivity contribution in [2.45, 2.75) is 19.3 Å². The van der Waals surface area contributed by atoms with Crippen molar-refractivity contribution in [1.82, 2.24) is 19.1 Å². The average molecular weight is 470 g/mol. The highest BCUT2D eigenvalue weighted by Gasteiger charge is 2.21. The van der Waals surface area contributed by atoms with Crippen LogP contribution in [0, 0.1) is 11.3 Å². The first-order valence-corrected chi connectivity index (χ1v) is 11.8. The van der Waals surface area contributed by atoms with E-state index in [9.17, 15) is 10.1 Å². The zero-order chi connectivity index (χ0) is 25.0. The van der Waals surface area contributed by atoms with E-state index in [4.69, 9.17) is 4.98 Å². The number of nitriles is 1. The van der Waals surface area contributed by atoms with Crippen LogP contribution in [-0.4, -0.2) is 19.1 Å². The van der Waals surface area contributed by atoms with Crippen LogP contribution >= 0.6 is 0 Å². The van der Waals surface area contributed by atoms with E-state index in [1.165, 1.54) is 0 Å². The van der Waals surface area contributed by atoms with Crippen molar-refractivity contribution < 1.29 is 0 Å². The summed E-state index contributed by atoms with van der Waals surface area (Å²) in [7, 11) is 1.78. The SMILES string of the molecule is Cn1c(=O)n(-c2ccc(C(C)(C)C#N)cc2)c2c3nc(-c4cnc5ccccc5c4)ccc3ccc21. The molecule has 0 N–H and O–H groups in total. The van der Waals surface area contributed by atoms with Crippen LogP contribution in [0.4, 0.5) is 0 Å². The maximum atomic E-state index is 13.4. The van der Waals surface area contributed by atoms with E-state index in [0.717, 1.165) is 55.3 Å². The molecule has 0 fully saturated rings. The Balaban J connectivity index is 1.59. The number of imidazole rings is 1. The van der Waals surface area contributed by atoms with E-state index in [1.54, 1.807) is 16.2 Å². The highest BCUT2D eigenvalue weighted by molar-refractivity contribution is 6.03. The summed E-state index contributed by atoms with van der Waals surface area (Å²) in [6.45, 7) is 3.76. The van der Waals surface area contributed by atoms with Crippen molar-refractivity contribution in [3.63, 3.8) is 0 Å². The van der Waals surface area contributed by atoms with Crippen LogP contribution in [0.15, 0.2) is 89.9 Å². The molecule has 0 saturated heterocycles. The van der Waals surface area contributed by atoms with Crippen LogP contribution in [0.3, 0.4) is 0 Å². The molecule has 0 amide bonds. The van der Waals surface area contributed by atoms with Gasteiger partial charge in [0.2, 0.25) is 0 Å². The fraction of sp³-hybridized carbons (Fsp3) is 0.133. The van der Waals surface area contributed by atoms with E-state index in [2.05, 4.69) is 17.1 Å². The predicted molar refractivity (Wildman–Crippen MR) is 143 cm³/mol. The standard InChI is InChI=1S/C30H23N5O/c1-30(2,18-31)22-10-12-23(13-11-22)35-28-26(34(3)29(35)36)15-9-19-8-14-25(33-27(19)28)21-16-20-6-4-5-7-24(20)32-17-21/h4-17H,1-3H3. The molecular weight excluding hydrogens is 446 g/mol. The van der Waals surface area contributed by atoms with Crippen molar-refractivity contribution in [1.29, 1.82) is 5.26 Å². The van der Waals surface area contributed by atoms with Gasteiger partial charge in [0.1, 0.15) is 5.52 Å². The van der Waals surface area contributed by atoms with Crippen molar-refractivity contribution >= 4 is 32.8 Å². The van der Waals surface area contributed by atoms with Crippen LogP contribution in [-0.2, 0) is 12.5 Å². The molecule has 3 aromatic carbocycles. The summed E-state index contributed by atoms with van der Waals surface area (Å²) < 4.78 is 3.35. The second-order valence-corrected chi connectivity index (χ2v) is 9.58. The lowest BCUT2D eigenvalue weighted by atomic mass is 9.86. The molecule has 0 aliphatic carbocycles. The normalized spacial score (nSPS) is 11.8. The first kappa shape index (κ1) is 21.8. The molecule has 3 heterocycles. The largest absolute Gasteiger partial charge is 0.333 e. The lowest BCUT2D eigenvalue weighted by Crippen LogP contribution is -2.21. The summed E-state index contributed by atoms with van der Waals surface area (Å²) in [5, 5.41) is 11.5. The van der Waals surface area contributed by atoms with E-state index in [-0.39, 0.29) is 5.69 Å². The highest BCUT2D eigenvalue weighted by Crippen LogP contribution is 2.30. The van der Waals surface area contributed by atoms with E-state index in [1.807, 2.05) is 92.8 Å². The summed E-state index contributed by atoms with van der Waals surface area (Å²) in [4.78, 5) is 23.0. The Morgan fingerprint density at radius 1 is 0.917 bits per heavy atom. The molecule has 3 aromatic heterocycles. The molecule has 0 atom stereocenters. The fourth-order valence-electron chi connectivity index (χ4n) is 4.71. The van der Waals surface area contributed by atoms with E-state index >= 15 is 0 Å². The number of benzene rings is 3. The monoisotopic (exact) mass is 469 g/mol. The summed E-state index contributed by atoms with van der Waals surface area (Å²) in [6, 6.07) is 28.0. The molecule has 36 heavy (non-hydrogen) atoms. The van der Waals surface area contributed by atoms with Crippen molar-refractivity contribution in [3.05, 3.63) is 101 Å². The van der Waals surface area contributed by atoms with Gasteiger partial charge in [-0.1, -0.05) is 42.5 Å².